The highest BCUT2D eigenvalue weighted by atomic mass is 19.4. The molecule has 0 aliphatic carbocycles. The summed E-state index contributed by atoms with van der Waals surface area (Å²) in [6.07, 6.45) is -5.08. The molecule has 1 atom stereocenters. The summed E-state index contributed by atoms with van der Waals surface area (Å²) in [7, 11) is 0. The molecule has 0 aromatic heterocycles. The molecule has 3 aliphatic heterocycles. The summed E-state index contributed by atoms with van der Waals surface area (Å²) in [4.78, 5) is 22.9. The molecular formula is C19H24F3N5O4. The van der Waals surface area contributed by atoms with Crippen LogP contribution in [0.15, 0.2) is 17.2 Å². The molecule has 1 fully saturated rings. The second-order valence-corrected chi connectivity index (χ2v) is 7.70. The van der Waals surface area contributed by atoms with E-state index in [1.165, 1.54) is 5.56 Å². The highest BCUT2D eigenvalue weighted by Crippen LogP contribution is 2.41. The number of rotatable bonds is 3. The first-order valence-corrected chi connectivity index (χ1v) is 9.72. The van der Waals surface area contributed by atoms with Crippen molar-refractivity contribution in [1.29, 1.82) is 0 Å². The minimum Gasteiger partial charge on any atom is -0.483 e. The highest BCUT2D eigenvalue weighted by molar-refractivity contribution is 6.09. The predicted octanol–water partition coefficient (Wildman–Crippen LogP) is 1.86. The lowest BCUT2D eigenvalue weighted by Gasteiger charge is -2.39. The van der Waals surface area contributed by atoms with Crippen LogP contribution in [0.2, 0.25) is 0 Å². The number of amidine groups is 1. The van der Waals surface area contributed by atoms with Gasteiger partial charge < -0.3 is 25.4 Å². The Morgan fingerprint density at radius 2 is 2.00 bits per heavy atom. The zero-order valence-corrected chi connectivity index (χ0v) is 17.2. The average Bonchev–Trinajstić information content (AvgIpc) is 2.66. The van der Waals surface area contributed by atoms with Crippen molar-refractivity contribution >= 4 is 29.1 Å². The Morgan fingerprint density at radius 1 is 1.35 bits per heavy atom. The van der Waals surface area contributed by atoms with E-state index in [4.69, 9.17) is 14.6 Å². The number of alkyl halides is 3. The lowest BCUT2D eigenvalue weighted by atomic mass is 9.97. The van der Waals surface area contributed by atoms with Crippen molar-refractivity contribution in [3.05, 3.63) is 17.7 Å². The lowest BCUT2D eigenvalue weighted by Crippen LogP contribution is -2.55. The molecule has 0 unspecified atom stereocenters. The molecular weight excluding hydrogens is 419 g/mol. The van der Waals surface area contributed by atoms with Crippen LogP contribution < -0.4 is 25.7 Å². The van der Waals surface area contributed by atoms with Gasteiger partial charge in [-0.05, 0) is 30.5 Å². The van der Waals surface area contributed by atoms with Gasteiger partial charge in [-0.25, -0.2) is 10.2 Å². The van der Waals surface area contributed by atoms with Gasteiger partial charge in [-0.3, -0.25) is 4.79 Å². The van der Waals surface area contributed by atoms with Gasteiger partial charge in [0.25, 0.3) is 5.91 Å². The van der Waals surface area contributed by atoms with E-state index in [2.05, 4.69) is 47.1 Å². The Bertz CT molecular complexity index is 899. The van der Waals surface area contributed by atoms with Gasteiger partial charge >= 0.3 is 12.1 Å². The number of carboxylic acids is 1. The normalized spacial score (nSPS) is 20.2. The molecule has 1 amide bonds. The van der Waals surface area contributed by atoms with E-state index in [9.17, 15) is 18.0 Å². The van der Waals surface area contributed by atoms with E-state index < -0.39 is 12.1 Å². The van der Waals surface area contributed by atoms with Gasteiger partial charge in [0.2, 0.25) is 0 Å². The minimum atomic E-state index is -5.08. The summed E-state index contributed by atoms with van der Waals surface area (Å²) in [5.74, 6) is -0.920. The first-order chi connectivity index (χ1) is 14.5. The zero-order valence-electron chi connectivity index (χ0n) is 17.2. The maximum absolute atomic E-state index is 12.0. The fourth-order valence-electron chi connectivity index (χ4n) is 3.30. The van der Waals surface area contributed by atoms with E-state index in [-0.39, 0.29) is 11.9 Å². The summed E-state index contributed by atoms with van der Waals surface area (Å²) in [6.45, 7) is 8.56. The lowest BCUT2D eigenvalue weighted by molar-refractivity contribution is -0.192. The fraction of sp³-hybridized carbons (Fsp3) is 0.526. The van der Waals surface area contributed by atoms with E-state index >= 15 is 0 Å². The van der Waals surface area contributed by atoms with Crippen LogP contribution in [0.3, 0.4) is 0 Å². The highest BCUT2D eigenvalue weighted by Gasteiger charge is 2.38. The number of halogens is 3. The van der Waals surface area contributed by atoms with Crippen LogP contribution in [0.1, 0.15) is 32.3 Å². The van der Waals surface area contributed by atoms with Gasteiger partial charge in [0.15, 0.2) is 5.84 Å². The average molecular weight is 443 g/mol. The molecule has 31 heavy (non-hydrogen) atoms. The Morgan fingerprint density at radius 3 is 2.52 bits per heavy atom. The summed E-state index contributed by atoms with van der Waals surface area (Å²) in [5.41, 5.74) is 5.81. The Balaban J connectivity index is 0.000000339. The molecule has 9 nitrogen and oxygen atoms in total. The van der Waals surface area contributed by atoms with Crippen LogP contribution in [0.25, 0.3) is 0 Å². The molecule has 4 rings (SSSR count). The number of hydrazone groups is 1. The quantitative estimate of drug-likeness (QED) is 0.564. The second kappa shape index (κ2) is 8.61. The second-order valence-electron chi connectivity index (χ2n) is 7.70. The molecule has 3 aliphatic rings. The molecule has 1 saturated heterocycles. The fourth-order valence-corrected chi connectivity index (χ4v) is 3.30. The SMILES string of the molecule is CC(C)c1cc2c(cc1NC1CNC1)N1C(=NNC(=O)[C@H]1C)CO2.O=C(O)C(F)(F)F. The third-order valence-corrected chi connectivity index (χ3v) is 5.09. The van der Waals surface area contributed by atoms with Crippen molar-refractivity contribution in [3.63, 3.8) is 0 Å². The third-order valence-electron chi connectivity index (χ3n) is 5.09. The molecule has 0 bridgehead atoms. The van der Waals surface area contributed by atoms with Gasteiger partial charge in [-0.2, -0.15) is 18.3 Å². The largest absolute Gasteiger partial charge is 0.490 e. The van der Waals surface area contributed by atoms with Crippen LogP contribution in [0.4, 0.5) is 24.5 Å². The first kappa shape index (κ1) is 22.7. The number of aliphatic carboxylic acids is 1. The van der Waals surface area contributed by atoms with E-state index in [1.807, 2.05) is 11.8 Å². The molecule has 4 N–H and O–H groups in total. The van der Waals surface area contributed by atoms with Crippen molar-refractivity contribution in [2.24, 2.45) is 5.10 Å². The number of nitrogens with one attached hydrogen (secondary N) is 3. The number of carbonyl (C=O) groups excluding carboxylic acids is 1. The van der Waals surface area contributed by atoms with Crippen LogP contribution in [-0.2, 0) is 9.59 Å². The minimum absolute atomic E-state index is 0.0998. The Kier molecular flexibility index (Phi) is 6.30. The molecule has 0 saturated carbocycles. The Labute approximate surface area is 176 Å². The topological polar surface area (TPSA) is 115 Å². The summed E-state index contributed by atoms with van der Waals surface area (Å²) < 4.78 is 37.6. The third kappa shape index (κ3) is 4.84. The molecule has 3 heterocycles. The zero-order chi connectivity index (χ0) is 22.9. The number of carboxylic acid groups (broad SMARTS) is 1. The standard InChI is InChI=1S/C17H23N5O2.C2HF3O2/c1-9(2)12-4-15-14(5-13(12)19-11-6-18-7-11)22-10(3)17(23)21-20-16(22)8-24-15;3-2(4,5)1(6)7/h4-5,9-11,18-19H,6-8H2,1-3H3,(H,21,23);(H,6,7)/t10-;/m1./s1. The maximum atomic E-state index is 12.0. The van der Waals surface area contributed by atoms with Gasteiger partial charge in [0.1, 0.15) is 18.4 Å². The number of anilines is 2. The molecule has 1 aromatic rings. The number of carbonyl (C=O) groups is 2. The van der Waals surface area contributed by atoms with Gasteiger partial charge in [0, 0.05) is 18.8 Å². The van der Waals surface area contributed by atoms with Crippen molar-refractivity contribution in [1.82, 2.24) is 10.7 Å². The van der Waals surface area contributed by atoms with E-state index in [1.54, 1.807) is 0 Å². The van der Waals surface area contributed by atoms with E-state index in [0.717, 1.165) is 36.0 Å². The Hall–Kier alpha value is -3.02. The summed E-state index contributed by atoms with van der Waals surface area (Å²) in [6, 6.07) is 4.35. The molecule has 0 spiro atoms. The molecule has 0 radical (unpaired) electrons. The molecule has 12 heteroatoms. The van der Waals surface area contributed by atoms with Crippen molar-refractivity contribution < 1.29 is 32.6 Å². The van der Waals surface area contributed by atoms with Gasteiger partial charge in [-0.15, -0.1) is 0 Å². The summed E-state index contributed by atoms with van der Waals surface area (Å²) in [5, 5.41) is 18.2. The molecule has 1 aromatic carbocycles. The number of ether oxygens (including phenoxy) is 1. The van der Waals surface area contributed by atoms with E-state index in [0.29, 0.717) is 18.6 Å². The first-order valence-electron chi connectivity index (χ1n) is 9.72. The number of fused-ring (bicyclic) bond motifs is 3. The monoisotopic (exact) mass is 443 g/mol. The van der Waals surface area contributed by atoms with Crippen LogP contribution in [0, 0.1) is 0 Å². The number of nitrogens with zero attached hydrogens (tertiary/aromatic N) is 2. The smallest absolute Gasteiger partial charge is 0.483 e. The molecule has 170 valence electrons. The predicted molar refractivity (Wildman–Crippen MR) is 108 cm³/mol. The number of hydrogen-bond donors (Lipinski definition) is 4. The number of benzene rings is 1. The maximum Gasteiger partial charge on any atom is 0.490 e. The van der Waals surface area contributed by atoms with Crippen LogP contribution in [0.5, 0.6) is 5.75 Å². The van der Waals surface area contributed by atoms with Crippen LogP contribution >= 0.6 is 0 Å². The van der Waals surface area contributed by atoms with Gasteiger partial charge in [-0.1, -0.05) is 13.8 Å². The van der Waals surface area contributed by atoms with Crippen molar-refractivity contribution in [2.45, 2.75) is 44.9 Å². The summed E-state index contributed by atoms with van der Waals surface area (Å²) >= 11 is 0. The van der Waals surface area contributed by atoms with Crippen molar-refractivity contribution in [2.75, 3.05) is 29.9 Å². The van der Waals surface area contributed by atoms with Gasteiger partial charge in [0.05, 0.1) is 11.7 Å². The van der Waals surface area contributed by atoms with Crippen molar-refractivity contribution in [3.8, 4) is 5.75 Å². The number of hydrogen-bond acceptors (Lipinski definition) is 7. The number of amides is 1. The van der Waals surface area contributed by atoms with Crippen LogP contribution in [-0.4, -0.2) is 60.8 Å².